The van der Waals surface area contributed by atoms with Crippen LogP contribution in [-0.4, -0.2) is 61.5 Å². The minimum Gasteiger partial charge on any atom is -0.373 e. The molecule has 22 heavy (non-hydrogen) atoms. The molecule has 1 fully saturated rings. The first kappa shape index (κ1) is 20.3. The molecule has 1 unspecified atom stereocenters. The van der Waals surface area contributed by atoms with Gasteiger partial charge in [-0.15, -0.1) is 0 Å². The lowest BCUT2D eigenvalue weighted by atomic mass is 10.1. The number of allylic oxidation sites excluding steroid dienone is 1. The van der Waals surface area contributed by atoms with Crippen LogP contribution in [0.1, 0.15) is 27.7 Å². The standard InChI is InChI=1S/C14H23N3O3.C2H6/c1-11(2)6-12(8-16(3)10-18)14(19)17-4-5-20-13(7-15)9-17;1-2/h6,8,10,13H,4-5,7,9,15H2,1-3H3;1-2H3/b12-8+;. The van der Waals surface area contributed by atoms with Gasteiger partial charge in [0.25, 0.3) is 5.91 Å². The number of carbonyl (C=O) groups excluding carboxylic acids is 2. The van der Waals surface area contributed by atoms with Crippen LogP contribution in [0.15, 0.2) is 23.4 Å². The van der Waals surface area contributed by atoms with E-state index in [1.165, 1.54) is 11.1 Å². The molecule has 1 atom stereocenters. The molecule has 2 N–H and O–H groups in total. The van der Waals surface area contributed by atoms with Gasteiger partial charge in [-0.05, 0) is 19.9 Å². The quantitative estimate of drug-likeness (QED) is 0.469. The second-order valence-corrected chi connectivity index (χ2v) is 5.06. The van der Waals surface area contributed by atoms with E-state index in [9.17, 15) is 9.59 Å². The van der Waals surface area contributed by atoms with Crippen molar-refractivity contribution in [1.29, 1.82) is 0 Å². The number of amides is 2. The molecule has 1 heterocycles. The zero-order chi connectivity index (χ0) is 17.1. The lowest BCUT2D eigenvalue weighted by Gasteiger charge is -2.32. The van der Waals surface area contributed by atoms with E-state index in [0.29, 0.717) is 38.2 Å². The van der Waals surface area contributed by atoms with Gasteiger partial charge in [-0.2, -0.15) is 0 Å². The van der Waals surface area contributed by atoms with Crippen LogP contribution in [-0.2, 0) is 14.3 Å². The average molecular weight is 311 g/mol. The van der Waals surface area contributed by atoms with Crippen LogP contribution in [0.3, 0.4) is 0 Å². The molecule has 0 aromatic rings. The first-order valence-corrected chi connectivity index (χ1v) is 7.62. The number of nitrogens with zero attached hydrogens (tertiary/aromatic N) is 2. The van der Waals surface area contributed by atoms with Gasteiger partial charge in [0, 0.05) is 32.9 Å². The molecule has 1 aliphatic rings. The topological polar surface area (TPSA) is 75.9 Å². The monoisotopic (exact) mass is 311 g/mol. The number of carbonyl (C=O) groups is 2. The molecule has 0 aromatic heterocycles. The van der Waals surface area contributed by atoms with Crippen LogP contribution in [0.2, 0.25) is 0 Å². The predicted octanol–water partition coefficient (Wildman–Crippen LogP) is 1.14. The van der Waals surface area contributed by atoms with E-state index in [1.807, 2.05) is 27.7 Å². The minimum atomic E-state index is -0.121. The number of hydrogen-bond donors (Lipinski definition) is 1. The molecule has 6 heteroatoms. The summed E-state index contributed by atoms with van der Waals surface area (Å²) in [6.07, 6.45) is 3.85. The molecular weight excluding hydrogens is 282 g/mol. The van der Waals surface area contributed by atoms with E-state index < -0.39 is 0 Å². The molecule has 1 aliphatic heterocycles. The maximum Gasteiger partial charge on any atom is 0.255 e. The molecule has 0 spiro atoms. The summed E-state index contributed by atoms with van der Waals surface area (Å²) in [6.45, 7) is 9.70. The Morgan fingerprint density at radius 2 is 2.05 bits per heavy atom. The summed E-state index contributed by atoms with van der Waals surface area (Å²) in [5.41, 5.74) is 7.06. The molecule has 1 rings (SSSR count). The van der Waals surface area contributed by atoms with E-state index in [1.54, 1.807) is 18.0 Å². The highest BCUT2D eigenvalue weighted by Crippen LogP contribution is 2.12. The van der Waals surface area contributed by atoms with Gasteiger partial charge >= 0.3 is 0 Å². The summed E-state index contributed by atoms with van der Waals surface area (Å²) >= 11 is 0. The molecule has 0 bridgehead atoms. The van der Waals surface area contributed by atoms with Gasteiger partial charge < -0.3 is 20.3 Å². The smallest absolute Gasteiger partial charge is 0.255 e. The zero-order valence-electron chi connectivity index (χ0n) is 14.3. The maximum absolute atomic E-state index is 12.5. The third-order valence-electron chi connectivity index (χ3n) is 2.89. The Bertz CT molecular complexity index is 415. The largest absolute Gasteiger partial charge is 0.373 e. The number of morpholine rings is 1. The fraction of sp³-hybridized carbons (Fsp3) is 0.625. The van der Waals surface area contributed by atoms with Crippen LogP contribution >= 0.6 is 0 Å². The fourth-order valence-corrected chi connectivity index (χ4v) is 1.94. The van der Waals surface area contributed by atoms with Crippen molar-refractivity contribution in [3.63, 3.8) is 0 Å². The molecule has 0 radical (unpaired) electrons. The van der Waals surface area contributed by atoms with Crippen LogP contribution in [0.4, 0.5) is 0 Å². The molecule has 0 saturated carbocycles. The normalized spacial score (nSPS) is 18.0. The summed E-state index contributed by atoms with van der Waals surface area (Å²) in [5.74, 6) is -0.110. The Kier molecular flexibility index (Phi) is 10.2. The van der Waals surface area contributed by atoms with E-state index in [-0.39, 0.29) is 12.0 Å². The molecule has 126 valence electrons. The minimum absolute atomic E-state index is 0.110. The summed E-state index contributed by atoms with van der Waals surface area (Å²) in [4.78, 5) is 26.3. The highest BCUT2D eigenvalue weighted by Gasteiger charge is 2.25. The van der Waals surface area contributed by atoms with Gasteiger partial charge in [0.1, 0.15) is 0 Å². The Morgan fingerprint density at radius 1 is 1.41 bits per heavy atom. The number of ether oxygens (including phenoxy) is 1. The van der Waals surface area contributed by atoms with Crippen LogP contribution < -0.4 is 5.73 Å². The van der Waals surface area contributed by atoms with Crippen molar-refractivity contribution >= 4 is 12.3 Å². The first-order chi connectivity index (χ1) is 10.5. The Hall–Kier alpha value is -1.66. The van der Waals surface area contributed by atoms with E-state index in [4.69, 9.17) is 10.5 Å². The van der Waals surface area contributed by atoms with Gasteiger partial charge in [0.2, 0.25) is 6.41 Å². The highest BCUT2D eigenvalue weighted by molar-refractivity contribution is 5.96. The Labute approximate surface area is 133 Å². The number of hydrogen-bond acceptors (Lipinski definition) is 4. The lowest BCUT2D eigenvalue weighted by Crippen LogP contribution is -2.48. The molecule has 1 saturated heterocycles. The van der Waals surface area contributed by atoms with Crippen molar-refractivity contribution in [2.24, 2.45) is 5.73 Å². The second-order valence-electron chi connectivity index (χ2n) is 5.06. The van der Waals surface area contributed by atoms with Crippen molar-refractivity contribution in [1.82, 2.24) is 9.80 Å². The van der Waals surface area contributed by atoms with E-state index in [2.05, 4.69) is 0 Å². The molecule has 0 aliphatic carbocycles. The van der Waals surface area contributed by atoms with Gasteiger partial charge in [0.05, 0.1) is 18.3 Å². The van der Waals surface area contributed by atoms with E-state index in [0.717, 1.165) is 5.57 Å². The maximum atomic E-state index is 12.5. The fourth-order valence-electron chi connectivity index (χ4n) is 1.94. The average Bonchev–Trinajstić information content (AvgIpc) is 2.54. The van der Waals surface area contributed by atoms with Gasteiger partial charge in [0.15, 0.2) is 0 Å². The number of rotatable bonds is 5. The summed E-state index contributed by atoms with van der Waals surface area (Å²) in [5, 5.41) is 0. The van der Waals surface area contributed by atoms with Gasteiger partial charge in [-0.25, -0.2) is 0 Å². The van der Waals surface area contributed by atoms with Crippen molar-refractivity contribution in [2.75, 3.05) is 33.3 Å². The van der Waals surface area contributed by atoms with Gasteiger partial charge in [-0.3, -0.25) is 9.59 Å². The van der Waals surface area contributed by atoms with Crippen LogP contribution in [0.5, 0.6) is 0 Å². The second kappa shape index (κ2) is 11.0. The zero-order valence-corrected chi connectivity index (χ0v) is 14.3. The van der Waals surface area contributed by atoms with Crippen molar-refractivity contribution in [3.8, 4) is 0 Å². The van der Waals surface area contributed by atoms with Crippen LogP contribution in [0.25, 0.3) is 0 Å². The molecule has 0 aromatic carbocycles. The van der Waals surface area contributed by atoms with Crippen molar-refractivity contribution in [3.05, 3.63) is 23.4 Å². The third-order valence-corrected chi connectivity index (χ3v) is 2.89. The van der Waals surface area contributed by atoms with Crippen molar-refractivity contribution in [2.45, 2.75) is 33.8 Å². The third kappa shape index (κ3) is 6.87. The Balaban J connectivity index is 0.00000211. The van der Waals surface area contributed by atoms with Crippen LogP contribution in [0, 0.1) is 0 Å². The molecule has 6 nitrogen and oxygen atoms in total. The summed E-state index contributed by atoms with van der Waals surface area (Å²) in [6, 6.07) is 0. The molecular formula is C16H29N3O3. The number of nitrogens with two attached hydrogens (primary N) is 1. The van der Waals surface area contributed by atoms with Crippen molar-refractivity contribution < 1.29 is 14.3 Å². The Morgan fingerprint density at radius 3 is 2.55 bits per heavy atom. The molecule has 2 amide bonds. The highest BCUT2D eigenvalue weighted by atomic mass is 16.5. The first-order valence-electron chi connectivity index (χ1n) is 7.62. The van der Waals surface area contributed by atoms with E-state index >= 15 is 0 Å². The van der Waals surface area contributed by atoms with Gasteiger partial charge in [-0.1, -0.05) is 19.4 Å². The summed E-state index contributed by atoms with van der Waals surface area (Å²) < 4.78 is 5.45. The lowest BCUT2D eigenvalue weighted by molar-refractivity contribution is -0.133. The SMILES string of the molecule is CC.CC(C)=C/C(=C\N(C)C=O)C(=O)N1CCOC(CN)C1. The predicted molar refractivity (Wildman–Crippen MR) is 88.1 cm³/mol. The summed E-state index contributed by atoms with van der Waals surface area (Å²) in [7, 11) is 1.60.